The molecule has 100 valence electrons. The minimum atomic E-state index is -0.197. The van der Waals surface area contributed by atoms with Crippen molar-refractivity contribution in [2.24, 2.45) is 5.92 Å². The number of aromatic amines is 1. The zero-order valence-electron chi connectivity index (χ0n) is 11.2. The lowest BCUT2D eigenvalue weighted by atomic mass is 10.1. The summed E-state index contributed by atoms with van der Waals surface area (Å²) in [4.78, 5) is 10.9. The molecule has 19 heavy (non-hydrogen) atoms. The van der Waals surface area contributed by atoms with Crippen LogP contribution in [0.2, 0.25) is 0 Å². The smallest absolute Gasteiger partial charge is 0.264 e. The third-order valence-electron chi connectivity index (χ3n) is 2.79. The summed E-state index contributed by atoms with van der Waals surface area (Å²) in [7, 11) is 0. The largest absolute Gasteiger partial charge is 0.494 e. The molecule has 0 saturated carbocycles. The van der Waals surface area contributed by atoms with Crippen LogP contribution in [0.25, 0.3) is 11.3 Å². The van der Waals surface area contributed by atoms with Crippen molar-refractivity contribution in [2.45, 2.75) is 20.3 Å². The average molecular weight is 258 g/mol. The van der Waals surface area contributed by atoms with Gasteiger partial charge in [-0.25, -0.2) is 5.10 Å². The molecule has 2 aromatic rings. The van der Waals surface area contributed by atoms with Gasteiger partial charge in [0, 0.05) is 11.6 Å². The minimum absolute atomic E-state index is 0.197. The third kappa shape index (κ3) is 3.95. The first-order chi connectivity index (χ1) is 9.15. The SMILES string of the molecule is CC(C)CCOc1ccc(-c2ccc(=O)[nH]n2)cc1. The Bertz CT molecular complexity index is 553. The molecular formula is C15H18N2O2. The second-order valence-electron chi connectivity index (χ2n) is 4.86. The topological polar surface area (TPSA) is 55.0 Å². The molecule has 1 aromatic carbocycles. The van der Waals surface area contributed by atoms with E-state index in [1.807, 2.05) is 24.3 Å². The summed E-state index contributed by atoms with van der Waals surface area (Å²) in [6, 6.07) is 10.9. The summed E-state index contributed by atoms with van der Waals surface area (Å²) in [5.74, 6) is 1.50. The Balaban J connectivity index is 2.02. The van der Waals surface area contributed by atoms with Gasteiger partial charge >= 0.3 is 0 Å². The number of benzene rings is 1. The number of rotatable bonds is 5. The van der Waals surface area contributed by atoms with Crippen molar-refractivity contribution < 1.29 is 4.74 Å². The van der Waals surface area contributed by atoms with E-state index in [0.29, 0.717) is 5.92 Å². The predicted molar refractivity (Wildman–Crippen MR) is 75.2 cm³/mol. The van der Waals surface area contributed by atoms with E-state index < -0.39 is 0 Å². The van der Waals surface area contributed by atoms with E-state index in [0.717, 1.165) is 30.0 Å². The van der Waals surface area contributed by atoms with Crippen LogP contribution in [-0.2, 0) is 0 Å². The van der Waals surface area contributed by atoms with Gasteiger partial charge < -0.3 is 4.74 Å². The zero-order chi connectivity index (χ0) is 13.7. The Hall–Kier alpha value is -2.10. The molecule has 0 unspecified atom stereocenters. The van der Waals surface area contributed by atoms with Crippen LogP contribution >= 0.6 is 0 Å². The molecule has 0 aliphatic heterocycles. The van der Waals surface area contributed by atoms with Crippen LogP contribution in [0.15, 0.2) is 41.2 Å². The van der Waals surface area contributed by atoms with Crippen molar-refractivity contribution in [1.29, 1.82) is 0 Å². The second-order valence-corrected chi connectivity index (χ2v) is 4.86. The van der Waals surface area contributed by atoms with Crippen molar-refractivity contribution in [3.63, 3.8) is 0 Å². The van der Waals surface area contributed by atoms with Crippen molar-refractivity contribution >= 4 is 0 Å². The number of ether oxygens (including phenoxy) is 1. The monoisotopic (exact) mass is 258 g/mol. The average Bonchev–Trinajstić information content (AvgIpc) is 2.40. The van der Waals surface area contributed by atoms with E-state index in [1.165, 1.54) is 6.07 Å². The number of H-pyrrole nitrogens is 1. The number of aromatic nitrogens is 2. The second kappa shape index (κ2) is 6.18. The van der Waals surface area contributed by atoms with Gasteiger partial charge in [-0.1, -0.05) is 13.8 Å². The number of nitrogens with one attached hydrogen (secondary N) is 1. The summed E-state index contributed by atoms with van der Waals surface area (Å²) in [5, 5.41) is 6.41. The highest BCUT2D eigenvalue weighted by Gasteiger charge is 2.01. The summed E-state index contributed by atoms with van der Waals surface area (Å²) in [6.45, 7) is 5.08. The van der Waals surface area contributed by atoms with Gasteiger partial charge in [-0.05, 0) is 42.7 Å². The fraction of sp³-hybridized carbons (Fsp3) is 0.333. The van der Waals surface area contributed by atoms with E-state index in [1.54, 1.807) is 6.07 Å². The number of nitrogens with zero attached hydrogens (tertiary/aromatic N) is 1. The third-order valence-corrected chi connectivity index (χ3v) is 2.79. The molecule has 0 aliphatic carbocycles. The summed E-state index contributed by atoms with van der Waals surface area (Å²) in [5.41, 5.74) is 1.50. The lowest BCUT2D eigenvalue weighted by molar-refractivity contribution is 0.289. The van der Waals surface area contributed by atoms with Crippen LogP contribution in [0.4, 0.5) is 0 Å². The maximum absolute atomic E-state index is 10.9. The Labute approximate surface area is 112 Å². The van der Waals surface area contributed by atoms with Gasteiger partial charge in [0.2, 0.25) is 0 Å². The molecule has 2 rings (SSSR count). The zero-order valence-corrected chi connectivity index (χ0v) is 11.2. The van der Waals surface area contributed by atoms with E-state index in [4.69, 9.17) is 4.74 Å². The van der Waals surface area contributed by atoms with E-state index >= 15 is 0 Å². The molecular weight excluding hydrogens is 240 g/mol. The van der Waals surface area contributed by atoms with Crippen molar-refractivity contribution in [3.05, 3.63) is 46.8 Å². The van der Waals surface area contributed by atoms with Crippen molar-refractivity contribution in [2.75, 3.05) is 6.61 Å². The fourth-order valence-electron chi connectivity index (χ4n) is 1.64. The highest BCUT2D eigenvalue weighted by atomic mass is 16.5. The molecule has 4 heteroatoms. The molecule has 0 aliphatic rings. The quantitative estimate of drug-likeness (QED) is 0.897. The molecule has 1 aromatic heterocycles. The van der Waals surface area contributed by atoms with Gasteiger partial charge in [0.05, 0.1) is 12.3 Å². The van der Waals surface area contributed by atoms with Crippen LogP contribution in [0.5, 0.6) is 5.75 Å². The van der Waals surface area contributed by atoms with Crippen LogP contribution in [0.1, 0.15) is 20.3 Å². The Morgan fingerprint density at radius 1 is 1.16 bits per heavy atom. The highest BCUT2D eigenvalue weighted by molar-refractivity contribution is 5.59. The summed E-state index contributed by atoms with van der Waals surface area (Å²) in [6.07, 6.45) is 1.04. The van der Waals surface area contributed by atoms with Crippen LogP contribution in [-0.4, -0.2) is 16.8 Å². The first kappa shape index (κ1) is 13.3. The van der Waals surface area contributed by atoms with Gasteiger partial charge in [0.1, 0.15) is 5.75 Å². The fourth-order valence-corrected chi connectivity index (χ4v) is 1.64. The molecule has 1 N–H and O–H groups in total. The lowest BCUT2D eigenvalue weighted by Crippen LogP contribution is -2.05. The predicted octanol–water partition coefficient (Wildman–Crippen LogP) is 2.86. The van der Waals surface area contributed by atoms with Crippen LogP contribution in [0, 0.1) is 5.92 Å². The number of hydrogen-bond donors (Lipinski definition) is 1. The minimum Gasteiger partial charge on any atom is -0.494 e. The molecule has 0 saturated heterocycles. The molecule has 1 heterocycles. The van der Waals surface area contributed by atoms with Gasteiger partial charge in [-0.2, -0.15) is 5.10 Å². The number of hydrogen-bond acceptors (Lipinski definition) is 3. The van der Waals surface area contributed by atoms with E-state index in [2.05, 4.69) is 24.0 Å². The van der Waals surface area contributed by atoms with Crippen molar-refractivity contribution in [1.82, 2.24) is 10.2 Å². The van der Waals surface area contributed by atoms with Gasteiger partial charge in [0.15, 0.2) is 0 Å². The van der Waals surface area contributed by atoms with E-state index in [-0.39, 0.29) is 5.56 Å². The molecule has 0 fully saturated rings. The van der Waals surface area contributed by atoms with E-state index in [9.17, 15) is 4.79 Å². The first-order valence-corrected chi connectivity index (χ1v) is 6.44. The Morgan fingerprint density at radius 3 is 2.47 bits per heavy atom. The van der Waals surface area contributed by atoms with Gasteiger partial charge in [-0.3, -0.25) is 4.79 Å². The molecule has 0 bridgehead atoms. The maximum Gasteiger partial charge on any atom is 0.264 e. The highest BCUT2D eigenvalue weighted by Crippen LogP contribution is 2.19. The van der Waals surface area contributed by atoms with Gasteiger partial charge in [-0.15, -0.1) is 0 Å². The Kier molecular flexibility index (Phi) is 4.34. The molecule has 0 amide bonds. The molecule has 0 spiro atoms. The van der Waals surface area contributed by atoms with Crippen molar-refractivity contribution in [3.8, 4) is 17.0 Å². The normalized spacial score (nSPS) is 10.7. The lowest BCUT2D eigenvalue weighted by Gasteiger charge is -2.08. The standard InChI is InChI=1S/C15H18N2O2/c1-11(2)9-10-19-13-5-3-12(4-6-13)14-7-8-15(18)17-16-14/h3-8,11H,9-10H2,1-2H3,(H,17,18). The molecule has 4 nitrogen and oxygen atoms in total. The molecule has 0 atom stereocenters. The van der Waals surface area contributed by atoms with Gasteiger partial charge in [0.25, 0.3) is 5.56 Å². The maximum atomic E-state index is 10.9. The summed E-state index contributed by atoms with van der Waals surface area (Å²) < 4.78 is 5.65. The molecule has 0 radical (unpaired) electrons. The van der Waals surface area contributed by atoms with Crippen LogP contribution in [0.3, 0.4) is 0 Å². The Morgan fingerprint density at radius 2 is 1.89 bits per heavy atom. The van der Waals surface area contributed by atoms with Crippen LogP contribution < -0.4 is 10.3 Å². The first-order valence-electron chi connectivity index (χ1n) is 6.44. The summed E-state index contributed by atoms with van der Waals surface area (Å²) >= 11 is 0.